The van der Waals surface area contributed by atoms with Gasteiger partial charge in [-0.3, -0.25) is 9.48 Å². The molecule has 1 aromatic carbocycles. The normalized spacial score (nSPS) is 19.6. The molecule has 39 heavy (non-hydrogen) atoms. The fraction of sp³-hybridized carbons (Fsp3) is 0.581. The molecule has 0 radical (unpaired) electrons. The summed E-state index contributed by atoms with van der Waals surface area (Å²) in [5.74, 6) is 0.553. The summed E-state index contributed by atoms with van der Waals surface area (Å²) in [7, 11) is 3.68. The van der Waals surface area contributed by atoms with Crippen molar-refractivity contribution in [2.24, 2.45) is 13.0 Å². The molecule has 0 unspecified atom stereocenters. The van der Waals surface area contributed by atoms with Crippen molar-refractivity contribution in [2.45, 2.75) is 96.5 Å². The van der Waals surface area contributed by atoms with E-state index in [0.717, 1.165) is 73.1 Å². The van der Waals surface area contributed by atoms with Crippen LogP contribution in [0.3, 0.4) is 0 Å². The minimum atomic E-state index is -0.298. The van der Waals surface area contributed by atoms with E-state index in [9.17, 15) is 9.59 Å². The summed E-state index contributed by atoms with van der Waals surface area (Å²) in [6, 6.07) is 6.36. The monoisotopic (exact) mass is 537 g/mol. The lowest BCUT2D eigenvalue weighted by molar-refractivity contribution is -0.154. The molecule has 2 aliphatic rings. The minimum Gasteiger partial charge on any atom is -0.490 e. The largest absolute Gasteiger partial charge is 0.490 e. The Balaban J connectivity index is 1.46. The van der Waals surface area contributed by atoms with Crippen molar-refractivity contribution in [1.29, 1.82) is 0 Å². The van der Waals surface area contributed by atoms with Crippen molar-refractivity contribution >= 4 is 12.1 Å². The molecule has 0 spiro atoms. The average Bonchev–Trinajstić information content (AvgIpc) is 3.58. The van der Waals surface area contributed by atoms with Gasteiger partial charge in [0.25, 0.3) is 0 Å². The minimum absolute atomic E-state index is 0.0388. The second kappa shape index (κ2) is 13.2. The van der Waals surface area contributed by atoms with E-state index in [1.807, 2.05) is 52.3 Å². The molecule has 1 aromatic heterocycles. The zero-order chi connectivity index (χ0) is 27.9. The number of benzene rings is 1. The van der Waals surface area contributed by atoms with Crippen LogP contribution in [0.15, 0.2) is 37.1 Å². The Labute approximate surface area is 232 Å². The molecule has 4 rings (SSSR count). The van der Waals surface area contributed by atoms with Crippen LogP contribution in [0.1, 0.15) is 76.5 Å². The summed E-state index contributed by atoms with van der Waals surface area (Å²) in [6.45, 7) is 7.84. The third-order valence-corrected chi connectivity index (χ3v) is 7.89. The lowest BCUT2D eigenvalue weighted by atomic mass is 9.87. The standard InChI is InChI=1S/C31H43N3O5/c1-6-10-23-17-22(15-16-29(23)39-26-14-9-11-24(18-26)30(35)38-21(2)3)27-19-32-34(5)28(27)20-37-31(36)33(4)25-12-7-8-13-25/h6,15-17,19,21,24-26H,1,7-14,18,20H2,2-5H3/t24-,26-/m0/s1. The Morgan fingerprint density at radius 2 is 1.95 bits per heavy atom. The Kier molecular flexibility index (Phi) is 9.70. The SMILES string of the molecule is C=CCc1cc(-c2cnn(C)c2COC(=O)N(C)C2CCCC2)ccc1O[C@H]1CCC[C@H](C(=O)OC(C)C)C1. The number of hydrogen-bond acceptors (Lipinski definition) is 6. The summed E-state index contributed by atoms with van der Waals surface area (Å²) in [5.41, 5.74) is 3.74. The Hall–Kier alpha value is -3.29. The number of ether oxygens (including phenoxy) is 3. The molecule has 0 aliphatic heterocycles. The first-order valence-corrected chi connectivity index (χ1v) is 14.3. The second-order valence-electron chi connectivity index (χ2n) is 11.1. The van der Waals surface area contributed by atoms with Crippen molar-refractivity contribution in [1.82, 2.24) is 14.7 Å². The molecule has 1 amide bonds. The van der Waals surface area contributed by atoms with Gasteiger partial charge in [0, 0.05) is 25.7 Å². The number of allylic oxidation sites excluding steroid dienone is 1. The number of aryl methyl sites for hydroxylation is 1. The highest BCUT2D eigenvalue weighted by Crippen LogP contribution is 2.34. The van der Waals surface area contributed by atoms with Crippen LogP contribution in [0.5, 0.6) is 5.75 Å². The number of nitrogens with zero attached hydrogens (tertiary/aromatic N) is 3. The van der Waals surface area contributed by atoms with E-state index in [1.165, 1.54) is 0 Å². The third-order valence-electron chi connectivity index (χ3n) is 7.89. The highest BCUT2D eigenvalue weighted by molar-refractivity contribution is 5.73. The molecular weight excluding hydrogens is 494 g/mol. The lowest BCUT2D eigenvalue weighted by Crippen LogP contribution is -2.35. The number of rotatable bonds is 10. The molecule has 2 fully saturated rings. The van der Waals surface area contributed by atoms with Crippen LogP contribution < -0.4 is 4.74 Å². The molecule has 0 saturated heterocycles. The number of esters is 1. The molecule has 1 heterocycles. The first-order valence-electron chi connectivity index (χ1n) is 14.3. The first kappa shape index (κ1) is 28.7. The topological polar surface area (TPSA) is 82.9 Å². The van der Waals surface area contributed by atoms with Crippen molar-refractivity contribution in [2.75, 3.05) is 7.05 Å². The van der Waals surface area contributed by atoms with Gasteiger partial charge in [0.05, 0.1) is 30.0 Å². The number of hydrogen-bond donors (Lipinski definition) is 0. The average molecular weight is 538 g/mol. The summed E-state index contributed by atoms with van der Waals surface area (Å²) in [6.07, 6.45) is 11.6. The van der Waals surface area contributed by atoms with Crippen LogP contribution in [-0.2, 0) is 34.3 Å². The van der Waals surface area contributed by atoms with Gasteiger partial charge in [0.15, 0.2) is 0 Å². The van der Waals surface area contributed by atoms with Crippen LogP contribution in [0.2, 0.25) is 0 Å². The Morgan fingerprint density at radius 1 is 1.18 bits per heavy atom. The Morgan fingerprint density at radius 3 is 2.67 bits per heavy atom. The summed E-state index contributed by atoms with van der Waals surface area (Å²) >= 11 is 0. The van der Waals surface area contributed by atoms with Crippen molar-refractivity contribution in [3.05, 3.63) is 48.3 Å². The van der Waals surface area contributed by atoms with Gasteiger partial charge in [-0.25, -0.2) is 4.79 Å². The molecule has 0 N–H and O–H groups in total. The quantitative estimate of drug-likeness (QED) is 0.264. The van der Waals surface area contributed by atoms with Crippen LogP contribution in [0.25, 0.3) is 11.1 Å². The molecule has 8 nitrogen and oxygen atoms in total. The smallest absolute Gasteiger partial charge is 0.410 e. The highest BCUT2D eigenvalue weighted by atomic mass is 16.6. The molecule has 2 atom stereocenters. The van der Waals surface area contributed by atoms with Crippen LogP contribution in [-0.4, -0.2) is 52.0 Å². The number of amides is 1. The van der Waals surface area contributed by atoms with E-state index in [4.69, 9.17) is 14.2 Å². The zero-order valence-electron chi connectivity index (χ0n) is 23.9. The number of aromatic nitrogens is 2. The fourth-order valence-electron chi connectivity index (χ4n) is 5.70. The zero-order valence-corrected chi connectivity index (χ0v) is 23.9. The summed E-state index contributed by atoms with van der Waals surface area (Å²) < 4.78 is 19.4. The van der Waals surface area contributed by atoms with Crippen molar-refractivity contribution in [3.63, 3.8) is 0 Å². The van der Waals surface area contributed by atoms with E-state index in [1.54, 1.807) is 9.58 Å². The van der Waals surface area contributed by atoms with E-state index in [2.05, 4.69) is 17.7 Å². The van der Waals surface area contributed by atoms with Gasteiger partial charge in [-0.2, -0.15) is 5.10 Å². The first-order chi connectivity index (χ1) is 18.8. The molecule has 2 aromatic rings. The maximum Gasteiger partial charge on any atom is 0.410 e. The fourth-order valence-corrected chi connectivity index (χ4v) is 5.70. The number of carbonyl (C=O) groups excluding carboxylic acids is 2. The van der Waals surface area contributed by atoms with Crippen molar-refractivity contribution < 1.29 is 23.8 Å². The molecule has 2 aliphatic carbocycles. The number of carbonyl (C=O) groups is 2. The molecule has 212 valence electrons. The van der Waals surface area contributed by atoms with E-state index in [0.29, 0.717) is 12.8 Å². The van der Waals surface area contributed by atoms with Crippen LogP contribution >= 0.6 is 0 Å². The molecular formula is C31H43N3O5. The van der Waals surface area contributed by atoms with Crippen LogP contribution in [0.4, 0.5) is 4.79 Å². The van der Waals surface area contributed by atoms with Gasteiger partial charge in [-0.15, -0.1) is 6.58 Å². The van der Waals surface area contributed by atoms with Gasteiger partial charge < -0.3 is 19.1 Å². The van der Waals surface area contributed by atoms with E-state index < -0.39 is 0 Å². The predicted molar refractivity (Wildman–Crippen MR) is 150 cm³/mol. The lowest BCUT2D eigenvalue weighted by Gasteiger charge is -2.29. The summed E-state index contributed by atoms with van der Waals surface area (Å²) in [5, 5.41) is 4.45. The maximum atomic E-state index is 12.7. The molecule has 0 bridgehead atoms. The van der Waals surface area contributed by atoms with Crippen molar-refractivity contribution in [3.8, 4) is 16.9 Å². The predicted octanol–water partition coefficient (Wildman–Crippen LogP) is 6.22. The third kappa shape index (κ3) is 7.22. The van der Waals surface area contributed by atoms with Gasteiger partial charge in [0.1, 0.15) is 12.4 Å². The molecule has 2 saturated carbocycles. The second-order valence-corrected chi connectivity index (χ2v) is 11.1. The van der Waals surface area contributed by atoms with Gasteiger partial charge in [-0.1, -0.05) is 25.0 Å². The van der Waals surface area contributed by atoms with Crippen LogP contribution in [0, 0.1) is 5.92 Å². The Bertz CT molecular complexity index is 1150. The van der Waals surface area contributed by atoms with E-state index in [-0.39, 0.29) is 42.8 Å². The van der Waals surface area contributed by atoms with Gasteiger partial charge >= 0.3 is 12.1 Å². The highest BCUT2D eigenvalue weighted by Gasteiger charge is 2.30. The maximum absolute atomic E-state index is 12.7. The van der Waals surface area contributed by atoms with Gasteiger partial charge in [0.2, 0.25) is 0 Å². The summed E-state index contributed by atoms with van der Waals surface area (Å²) in [4.78, 5) is 26.9. The van der Waals surface area contributed by atoms with E-state index >= 15 is 0 Å². The van der Waals surface area contributed by atoms with Gasteiger partial charge in [-0.05, 0) is 82.1 Å². The molecule has 8 heteroatoms.